The summed E-state index contributed by atoms with van der Waals surface area (Å²) in [6.45, 7) is 3.49. The summed E-state index contributed by atoms with van der Waals surface area (Å²) in [6, 6.07) is 0. The van der Waals surface area contributed by atoms with Crippen LogP contribution in [-0.4, -0.2) is 28.4 Å². The van der Waals surface area contributed by atoms with Crippen molar-refractivity contribution in [3.05, 3.63) is 0 Å². The number of carbonyl (C=O) groups is 1. The maximum Gasteiger partial charge on any atom is 0.344 e. The first-order valence-electron chi connectivity index (χ1n) is 9.46. The minimum atomic E-state index is -1.88. The molecule has 0 heterocycles. The van der Waals surface area contributed by atoms with E-state index in [9.17, 15) is 14.3 Å². The molecule has 132 valence electrons. The Morgan fingerprint density at radius 2 is 1.87 bits per heavy atom. The van der Waals surface area contributed by atoms with E-state index in [1.807, 2.05) is 0 Å². The lowest BCUT2D eigenvalue weighted by Crippen LogP contribution is -2.59. The summed E-state index contributed by atoms with van der Waals surface area (Å²) in [5.74, 6) is 0.346. The number of rotatable bonds is 7. The second-order valence-electron chi connectivity index (χ2n) is 8.54. The van der Waals surface area contributed by atoms with Crippen LogP contribution in [-0.2, 0) is 9.53 Å². The number of hydrogen-bond donors (Lipinski definition) is 1. The second-order valence-corrected chi connectivity index (χ2v) is 8.54. The van der Waals surface area contributed by atoms with Gasteiger partial charge in [-0.1, -0.05) is 26.2 Å². The van der Waals surface area contributed by atoms with Crippen molar-refractivity contribution in [1.82, 2.24) is 0 Å². The zero-order valence-electron chi connectivity index (χ0n) is 14.5. The zero-order chi connectivity index (χ0) is 16.7. The van der Waals surface area contributed by atoms with Gasteiger partial charge in [-0.15, -0.1) is 0 Å². The summed E-state index contributed by atoms with van der Waals surface area (Å²) in [6.07, 6.45) is 8.28. The minimum absolute atomic E-state index is 0.240. The molecule has 0 radical (unpaired) electrons. The lowest BCUT2D eigenvalue weighted by atomic mass is 9.53. The van der Waals surface area contributed by atoms with Crippen LogP contribution in [0, 0.1) is 17.8 Å². The van der Waals surface area contributed by atoms with Gasteiger partial charge in [0.2, 0.25) is 5.67 Å². The molecule has 1 N–H and O–H groups in total. The quantitative estimate of drug-likeness (QED) is 0.564. The number of hydrogen-bond acceptors (Lipinski definition) is 3. The van der Waals surface area contributed by atoms with Gasteiger partial charge in [-0.25, -0.2) is 9.18 Å². The molecule has 4 rings (SSSR count). The highest BCUT2D eigenvalue weighted by Gasteiger charge is 2.57. The average molecular weight is 326 g/mol. The number of halogens is 1. The van der Waals surface area contributed by atoms with Crippen molar-refractivity contribution < 1.29 is 19.0 Å². The molecule has 0 aromatic rings. The second kappa shape index (κ2) is 6.34. The van der Waals surface area contributed by atoms with Gasteiger partial charge in [0.15, 0.2) is 0 Å². The van der Waals surface area contributed by atoms with Crippen molar-refractivity contribution in [3.63, 3.8) is 0 Å². The third-order valence-electron chi connectivity index (χ3n) is 6.40. The topological polar surface area (TPSA) is 46.5 Å². The van der Waals surface area contributed by atoms with Crippen molar-refractivity contribution in [3.8, 4) is 0 Å². The molecule has 3 nitrogen and oxygen atoms in total. The highest BCUT2D eigenvalue weighted by molar-refractivity contribution is 5.79. The van der Waals surface area contributed by atoms with Gasteiger partial charge >= 0.3 is 5.97 Å². The molecule has 4 fully saturated rings. The van der Waals surface area contributed by atoms with Crippen molar-refractivity contribution in [2.75, 3.05) is 0 Å². The van der Waals surface area contributed by atoms with E-state index in [2.05, 4.69) is 6.92 Å². The Labute approximate surface area is 139 Å². The number of alkyl halides is 1. The molecule has 23 heavy (non-hydrogen) atoms. The maximum atomic E-state index is 14.7. The molecule has 0 aromatic heterocycles. The highest BCUT2D eigenvalue weighted by Crippen LogP contribution is 2.57. The van der Waals surface area contributed by atoms with E-state index in [1.54, 1.807) is 0 Å². The van der Waals surface area contributed by atoms with Crippen LogP contribution >= 0.6 is 0 Å². The van der Waals surface area contributed by atoms with Gasteiger partial charge in [0.25, 0.3) is 0 Å². The normalized spacial score (nSPS) is 40.9. The summed E-state index contributed by atoms with van der Waals surface area (Å²) in [5.41, 5.74) is -2.38. The minimum Gasteiger partial charge on any atom is -0.457 e. The van der Waals surface area contributed by atoms with Crippen molar-refractivity contribution in [2.24, 2.45) is 17.8 Å². The summed E-state index contributed by atoms with van der Waals surface area (Å²) in [5, 5.41) is 10.3. The molecule has 0 spiro atoms. The number of carbonyl (C=O) groups excluding carboxylic acids is 1. The first-order valence-corrected chi connectivity index (χ1v) is 9.46. The summed E-state index contributed by atoms with van der Waals surface area (Å²) in [4.78, 5) is 12.4. The SMILES string of the molecule is CCCCCCC(C)(F)C(=O)OC12CC3CC(C1)C(O)C(C3)C2. The van der Waals surface area contributed by atoms with Crippen LogP contribution in [0.2, 0.25) is 0 Å². The molecule has 4 bridgehead atoms. The lowest BCUT2D eigenvalue weighted by Gasteiger charge is -2.58. The summed E-state index contributed by atoms with van der Waals surface area (Å²) in [7, 11) is 0. The van der Waals surface area contributed by atoms with Gasteiger partial charge in [-0.3, -0.25) is 0 Å². The smallest absolute Gasteiger partial charge is 0.344 e. The number of aliphatic hydroxyl groups excluding tert-OH is 1. The van der Waals surface area contributed by atoms with Crippen LogP contribution in [0.4, 0.5) is 4.39 Å². The number of aliphatic hydroxyl groups is 1. The Balaban J connectivity index is 1.59. The molecule has 0 saturated heterocycles. The largest absolute Gasteiger partial charge is 0.457 e. The van der Waals surface area contributed by atoms with E-state index >= 15 is 0 Å². The van der Waals surface area contributed by atoms with Crippen molar-refractivity contribution in [2.45, 2.75) is 95.4 Å². The fraction of sp³-hybridized carbons (Fsp3) is 0.947. The maximum absolute atomic E-state index is 14.7. The Bertz CT molecular complexity index is 432. The summed E-state index contributed by atoms with van der Waals surface area (Å²) >= 11 is 0. The molecular weight excluding hydrogens is 295 g/mol. The van der Waals surface area contributed by atoms with Crippen LogP contribution in [0.25, 0.3) is 0 Å². The molecule has 4 aliphatic rings. The van der Waals surface area contributed by atoms with Gasteiger partial charge in [0.05, 0.1) is 6.10 Å². The molecule has 4 aliphatic carbocycles. The third-order valence-corrected chi connectivity index (χ3v) is 6.40. The number of ether oxygens (including phenoxy) is 1. The van der Waals surface area contributed by atoms with Crippen LogP contribution in [0.1, 0.15) is 78.1 Å². The van der Waals surface area contributed by atoms with Gasteiger partial charge in [-0.05, 0) is 69.6 Å². The van der Waals surface area contributed by atoms with Gasteiger partial charge in [0, 0.05) is 0 Å². The van der Waals surface area contributed by atoms with Crippen molar-refractivity contribution in [1.29, 1.82) is 0 Å². The first kappa shape index (κ1) is 17.2. The number of esters is 1. The molecule has 3 unspecified atom stereocenters. The molecule has 0 aliphatic heterocycles. The van der Waals surface area contributed by atoms with E-state index in [0.717, 1.165) is 57.8 Å². The molecular formula is C19H31FO3. The number of unbranched alkanes of at least 4 members (excludes halogenated alkanes) is 3. The van der Waals surface area contributed by atoms with Crippen LogP contribution in [0.15, 0.2) is 0 Å². The fourth-order valence-electron chi connectivity index (χ4n) is 5.34. The van der Waals surface area contributed by atoms with Gasteiger partial charge in [-0.2, -0.15) is 0 Å². The predicted octanol–water partition coefficient (Wildman–Crippen LogP) is 4.17. The Hall–Kier alpha value is -0.640. The monoisotopic (exact) mass is 326 g/mol. The molecule has 0 amide bonds. The Morgan fingerprint density at radius 1 is 1.22 bits per heavy atom. The zero-order valence-corrected chi connectivity index (χ0v) is 14.5. The van der Waals surface area contributed by atoms with Crippen LogP contribution in [0.3, 0.4) is 0 Å². The fourth-order valence-corrected chi connectivity index (χ4v) is 5.34. The first-order chi connectivity index (χ1) is 10.9. The van der Waals surface area contributed by atoms with Gasteiger partial charge < -0.3 is 9.84 Å². The van der Waals surface area contributed by atoms with Crippen LogP contribution < -0.4 is 0 Å². The average Bonchev–Trinajstić information content (AvgIpc) is 2.48. The van der Waals surface area contributed by atoms with E-state index in [0.29, 0.717) is 5.92 Å². The van der Waals surface area contributed by atoms with Gasteiger partial charge in [0.1, 0.15) is 5.60 Å². The Kier molecular flexibility index (Phi) is 4.74. The standard InChI is InChI=1S/C19H31FO3/c1-3-4-5-6-7-18(2,20)17(22)23-19-10-13-8-14(11-19)16(21)15(9-13)12-19/h13-16,21H,3-12H2,1-2H3. The third kappa shape index (κ3) is 3.42. The molecule has 0 aromatic carbocycles. The highest BCUT2D eigenvalue weighted by atomic mass is 19.1. The van der Waals surface area contributed by atoms with E-state index in [1.165, 1.54) is 6.92 Å². The van der Waals surface area contributed by atoms with Crippen molar-refractivity contribution >= 4 is 5.97 Å². The van der Waals surface area contributed by atoms with E-state index < -0.39 is 17.2 Å². The molecule has 4 heteroatoms. The summed E-state index contributed by atoms with van der Waals surface area (Å²) < 4.78 is 20.5. The van der Waals surface area contributed by atoms with Crippen LogP contribution in [0.5, 0.6) is 0 Å². The van der Waals surface area contributed by atoms with E-state index in [4.69, 9.17) is 4.74 Å². The lowest BCUT2D eigenvalue weighted by molar-refractivity contribution is -0.214. The molecule has 4 saturated carbocycles. The molecule has 3 atom stereocenters. The Morgan fingerprint density at radius 3 is 2.48 bits per heavy atom. The van der Waals surface area contributed by atoms with E-state index in [-0.39, 0.29) is 24.4 Å². The predicted molar refractivity (Wildman–Crippen MR) is 86.7 cm³/mol.